The maximum absolute atomic E-state index is 12.8. The fourth-order valence-corrected chi connectivity index (χ4v) is 5.46. The molecule has 0 radical (unpaired) electrons. The molecule has 132 valence electrons. The molecule has 1 aliphatic heterocycles. The topological polar surface area (TPSA) is 20.3 Å². The van der Waals surface area contributed by atoms with E-state index in [1.54, 1.807) is 0 Å². The van der Waals surface area contributed by atoms with Crippen LogP contribution in [0.25, 0.3) is 0 Å². The quantitative estimate of drug-likeness (QED) is 0.331. The number of amides is 1. The third-order valence-electron chi connectivity index (χ3n) is 4.54. The van der Waals surface area contributed by atoms with E-state index >= 15 is 0 Å². The molecule has 3 heteroatoms. The summed E-state index contributed by atoms with van der Waals surface area (Å²) in [6.07, 6.45) is 9.42. The van der Waals surface area contributed by atoms with Crippen LogP contribution < -0.4 is 4.46 Å². The number of likely N-dealkylation sites (tertiary alicyclic amines) is 1. The van der Waals surface area contributed by atoms with E-state index in [0.717, 1.165) is 44.3 Å². The van der Waals surface area contributed by atoms with Crippen molar-refractivity contribution in [1.82, 2.24) is 4.90 Å². The fourth-order valence-electron chi connectivity index (χ4n) is 3.07. The zero-order chi connectivity index (χ0) is 17.2. The Morgan fingerprint density at radius 3 is 2.50 bits per heavy atom. The van der Waals surface area contributed by atoms with Gasteiger partial charge in [0.25, 0.3) is 0 Å². The maximum atomic E-state index is 12.8. The second kappa shape index (κ2) is 10.7. The Morgan fingerprint density at radius 1 is 1.04 bits per heavy atom. The van der Waals surface area contributed by atoms with E-state index < -0.39 is 0 Å². The van der Waals surface area contributed by atoms with E-state index in [1.165, 1.54) is 34.6 Å². The summed E-state index contributed by atoms with van der Waals surface area (Å²) in [6, 6.07) is 10.7. The van der Waals surface area contributed by atoms with Crippen molar-refractivity contribution in [3.63, 3.8) is 0 Å². The predicted octanol–water partition coefficient (Wildman–Crippen LogP) is 4.27. The Bertz CT molecular complexity index is 538. The van der Waals surface area contributed by atoms with Crippen LogP contribution in [0.1, 0.15) is 65.2 Å². The summed E-state index contributed by atoms with van der Waals surface area (Å²) in [6.45, 7) is 6.30. The van der Waals surface area contributed by atoms with Gasteiger partial charge >= 0.3 is 154 Å². The molecule has 0 N–H and O–H groups in total. The molecule has 1 aliphatic rings. The van der Waals surface area contributed by atoms with Gasteiger partial charge in [-0.3, -0.25) is 0 Å². The van der Waals surface area contributed by atoms with Crippen LogP contribution in [0.15, 0.2) is 40.4 Å². The number of unbranched alkanes of at least 4 members (excludes halogenated alkanes) is 4. The number of nitrogens with zero attached hydrogens (tertiary/aromatic N) is 1. The number of benzene rings is 1. The first-order chi connectivity index (χ1) is 11.8. The molecule has 2 rings (SSSR count). The van der Waals surface area contributed by atoms with E-state index in [0.29, 0.717) is 20.9 Å². The molecule has 1 aromatic rings. The van der Waals surface area contributed by atoms with Gasteiger partial charge in [0.2, 0.25) is 0 Å². The first-order valence-electron chi connectivity index (χ1n) is 9.50. The number of hydrogen-bond acceptors (Lipinski definition) is 1. The van der Waals surface area contributed by atoms with Gasteiger partial charge in [-0.1, -0.05) is 0 Å². The Labute approximate surface area is 153 Å². The van der Waals surface area contributed by atoms with E-state index in [-0.39, 0.29) is 0 Å². The van der Waals surface area contributed by atoms with Crippen molar-refractivity contribution in [2.24, 2.45) is 0 Å². The summed E-state index contributed by atoms with van der Waals surface area (Å²) in [4.78, 5) is 14.9. The van der Waals surface area contributed by atoms with Gasteiger partial charge in [-0.25, -0.2) is 0 Å². The summed E-state index contributed by atoms with van der Waals surface area (Å²) < 4.78 is 2.84. The van der Waals surface area contributed by atoms with Crippen LogP contribution in [0.4, 0.5) is 0 Å². The molecule has 24 heavy (non-hydrogen) atoms. The van der Waals surface area contributed by atoms with Crippen molar-refractivity contribution in [2.45, 2.75) is 65.2 Å². The van der Waals surface area contributed by atoms with Crippen molar-refractivity contribution in [2.75, 3.05) is 13.1 Å². The van der Waals surface area contributed by atoms with Crippen LogP contribution in [0.2, 0.25) is 0 Å². The van der Waals surface area contributed by atoms with E-state index in [4.69, 9.17) is 0 Å². The number of hydrogen-bond donors (Lipinski definition) is 0. The summed E-state index contributed by atoms with van der Waals surface area (Å²) >= 11 is 0.291. The van der Waals surface area contributed by atoms with Crippen LogP contribution in [-0.2, 0) is 4.79 Å². The van der Waals surface area contributed by atoms with Crippen LogP contribution in [0.5, 0.6) is 0 Å². The van der Waals surface area contributed by atoms with Gasteiger partial charge in [0, 0.05) is 0 Å². The Kier molecular flexibility index (Phi) is 8.63. The molecule has 1 aromatic carbocycles. The molecule has 0 saturated carbocycles. The summed E-state index contributed by atoms with van der Waals surface area (Å²) in [5, 5.41) is 0. The molecule has 0 bridgehead atoms. The fraction of sp³-hybridized carbons (Fsp3) is 0.571. The molecule has 0 atom stereocenters. The standard InChI is InChI=1S/C21H31NOSe/c1-3-5-7-11-14-20(24-18-12-9-8-10-13-18)19-15-17-22(21(19)23)16-6-4-2/h8-10,12-13H,3-7,11,14-17H2,1-2H3/b20-19+. The molecule has 1 saturated heterocycles. The number of rotatable bonds is 10. The first-order valence-corrected chi connectivity index (χ1v) is 11.2. The predicted molar refractivity (Wildman–Crippen MR) is 104 cm³/mol. The zero-order valence-corrected chi connectivity index (χ0v) is 16.9. The van der Waals surface area contributed by atoms with Crippen molar-refractivity contribution in [1.29, 1.82) is 0 Å². The Hall–Kier alpha value is -1.05. The number of carbonyl (C=O) groups is 1. The third-order valence-corrected chi connectivity index (χ3v) is 7.06. The van der Waals surface area contributed by atoms with Gasteiger partial charge in [0.15, 0.2) is 0 Å². The molecule has 0 spiro atoms. The van der Waals surface area contributed by atoms with Crippen molar-refractivity contribution >= 4 is 25.3 Å². The van der Waals surface area contributed by atoms with Crippen LogP contribution in [0.3, 0.4) is 0 Å². The molecule has 1 heterocycles. The van der Waals surface area contributed by atoms with Crippen LogP contribution in [-0.4, -0.2) is 38.9 Å². The zero-order valence-electron chi connectivity index (χ0n) is 15.2. The van der Waals surface area contributed by atoms with Gasteiger partial charge in [-0.05, 0) is 0 Å². The molecule has 2 nitrogen and oxygen atoms in total. The molecule has 1 amide bonds. The van der Waals surface area contributed by atoms with Crippen LogP contribution >= 0.6 is 0 Å². The number of allylic oxidation sites excluding steroid dienone is 1. The van der Waals surface area contributed by atoms with Gasteiger partial charge in [0.1, 0.15) is 0 Å². The van der Waals surface area contributed by atoms with Gasteiger partial charge < -0.3 is 0 Å². The van der Waals surface area contributed by atoms with E-state index in [1.807, 2.05) is 0 Å². The van der Waals surface area contributed by atoms with Crippen molar-refractivity contribution in [3.8, 4) is 0 Å². The van der Waals surface area contributed by atoms with Gasteiger partial charge in [-0.15, -0.1) is 0 Å². The number of carbonyl (C=O) groups excluding carboxylic acids is 1. The second-order valence-electron chi connectivity index (χ2n) is 6.52. The molecule has 1 fully saturated rings. The minimum absolute atomic E-state index is 0.291. The molecular formula is C21H31NOSe. The summed E-state index contributed by atoms with van der Waals surface area (Å²) in [7, 11) is 0. The van der Waals surface area contributed by atoms with Crippen molar-refractivity contribution < 1.29 is 4.79 Å². The average Bonchev–Trinajstić information content (AvgIpc) is 2.97. The third kappa shape index (κ3) is 5.79. The molecular weight excluding hydrogens is 361 g/mol. The van der Waals surface area contributed by atoms with Gasteiger partial charge in [-0.2, -0.15) is 0 Å². The normalized spacial score (nSPS) is 16.8. The van der Waals surface area contributed by atoms with Crippen LogP contribution in [0, 0.1) is 0 Å². The second-order valence-corrected chi connectivity index (χ2v) is 8.97. The summed E-state index contributed by atoms with van der Waals surface area (Å²) in [5.41, 5.74) is 1.14. The Morgan fingerprint density at radius 2 is 1.79 bits per heavy atom. The SMILES string of the molecule is CCCCCC/C([Se]c1ccccc1)=C1/CCN(CCCC)C1=O. The average molecular weight is 392 g/mol. The minimum atomic E-state index is 0.291. The van der Waals surface area contributed by atoms with E-state index in [9.17, 15) is 4.79 Å². The van der Waals surface area contributed by atoms with Crippen molar-refractivity contribution in [3.05, 3.63) is 40.4 Å². The van der Waals surface area contributed by atoms with E-state index in [2.05, 4.69) is 49.1 Å². The Balaban J connectivity index is 2.09. The molecule has 0 unspecified atom stereocenters. The monoisotopic (exact) mass is 393 g/mol. The first kappa shape index (κ1) is 19.3. The molecule has 0 aromatic heterocycles. The summed E-state index contributed by atoms with van der Waals surface area (Å²) in [5.74, 6) is 0.326. The van der Waals surface area contributed by atoms with Gasteiger partial charge in [0.05, 0.1) is 0 Å². The molecule has 0 aliphatic carbocycles.